The molecule has 1 aromatic heterocycles. The maximum absolute atomic E-state index is 12.1. The number of esters is 2. The third kappa shape index (κ3) is 8.69. The molecule has 1 rings (SSSR count). The maximum Gasteiger partial charge on any atom is 0.422 e. The molecule has 0 bridgehead atoms. The highest BCUT2D eigenvalue weighted by molar-refractivity contribution is 5.91. The number of hydrogen-bond donors (Lipinski definition) is 1. The van der Waals surface area contributed by atoms with Gasteiger partial charge in [0.05, 0.1) is 12.7 Å². The zero-order valence-corrected chi connectivity index (χ0v) is 15.5. The number of carbonyl (C=O) groups is 3. The molecular weight excluding hydrogens is 385 g/mol. The first kappa shape index (κ1) is 23.2. The van der Waals surface area contributed by atoms with Gasteiger partial charge in [-0.1, -0.05) is 13.8 Å². The summed E-state index contributed by atoms with van der Waals surface area (Å²) in [5.41, 5.74) is -0.0844. The van der Waals surface area contributed by atoms with E-state index < -0.39 is 43.3 Å². The van der Waals surface area contributed by atoms with Crippen LogP contribution in [-0.4, -0.2) is 55.4 Å². The van der Waals surface area contributed by atoms with Crippen molar-refractivity contribution in [3.05, 3.63) is 23.9 Å². The average Bonchev–Trinajstić information content (AvgIpc) is 2.62. The highest BCUT2D eigenvalue weighted by Crippen LogP contribution is 2.17. The number of methoxy groups -OCH3 is 1. The van der Waals surface area contributed by atoms with Crippen molar-refractivity contribution in [1.82, 2.24) is 10.3 Å². The molecule has 1 atom stereocenters. The van der Waals surface area contributed by atoms with Gasteiger partial charge in [-0.3, -0.25) is 4.79 Å². The first-order valence-electron chi connectivity index (χ1n) is 8.21. The second-order valence-corrected chi connectivity index (χ2v) is 6.14. The molecule has 1 amide bonds. The molecule has 156 valence electrons. The van der Waals surface area contributed by atoms with E-state index in [0.717, 1.165) is 18.3 Å². The predicted molar refractivity (Wildman–Crippen MR) is 89.5 cm³/mol. The number of amides is 1. The minimum absolute atomic E-state index is 0.0844. The minimum atomic E-state index is -4.51. The van der Waals surface area contributed by atoms with Gasteiger partial charge in [-0.25, -0.2) is 14.6 Å². The maximum atomic E-state index is 12.1. The molecule has 1 unspecified atom stereocenters. The molecule has 1 aromatic rings. The lowest BCUT2D eigenvalue weighted by atomic mass is 10.0. The third-order valence-corrected chi connectivity index (χ3v) is 3.22. The fraction of sp³-hybridized carbons (Fsp3) is 0.529. The molecule has 0 saturated carbocycles. The van der Waals surface area contributed by atoms with Gasteiger partial charge < -0.3 is 19.5 Å². The molecule has 0 fully saturated rings. The van der Waals surface area contributed by atoms with Crippen LogP contribution < -0.4 is 10.1 Å². The Morgan fingerprint density at radius 2 is 1.89 bits per heavy atom. The number of alkyl halides is 3. The molecule has 1 N–H and O–H groups in total. The Morgan fingerprint density at radius 3 is 2.39 bits per heavy atom. The summed E-state index contributed by atoms with van der Waals surface area (Å²) in [6.07, 6.45) is -3.21. The topological polar surface area (TPSA) is 104 Å². The lowest BCUT2D eigenvalue weighted by Gasteiger charge is -2.18. The fourth-order valence-corrected chi connectivity index (χ4v) is 2.02. The Labute approximate surface area is 159 Å². The summed E-state index contributed by atoms with van der Waals surface area (Å²) in [5, 5.41) is 2.41. The molecular formula is C17H21F3N2O6. The Hall–Kier alpha value is -2.85. The Balaban J connectivity index is 2.54. The lowest BCUT2D eigenvalue weighted by Crippen LogP contribution is -2.44. The molecule has 0 aromatic carbocycles. The fourth-order valence-electron chi connectivity index (χ4n) is 2.02. The second-order valence-electron chi connectivity index (χ2n) is 6.14. The summed E-state index contributed by atoms with van der Waals surface area (Å²) in [4.78, 5) is 39.0. The van der Waals surface area contributed by atoms with Gasteiger partial charge in [0.25, 0.3) is 5.91 Å². The number of ether oxygens (including phenoxy) is 3. The number of nitrogens with zero attached hydrogens (tertiary/aromatic N) is 1. The molecule has 0 aliphatic carbocycles. The summed E-state index contributed by atoms with van der Waals surface area (Å²) in [7, 11) is 1.19. The van der Waals surface area contributed by atoms with E-state index in [4.69, 9.17) is 4.74 Å². The van der Waals surface area contributed by atoms with Gasteiger partial charge in [-0.15, -0.1) is 0 Å². The second kappa shape index (κ2) is 10.5. The number of halogens is 3. The van der Waals surface area contributed by atoms with Crippen molar-refractivity contribution in [3.63, 3.8) is 0 Å². The number of carbonyl (C=O) groups excluding carboxylic acids is 3. The number of pyridine rings is 1. The molecule has 0 spiro atoms. The summed E-state index contributed by atoms with van der Waals surface area (Å²) in [6.45, 7) is 1.55. The van der Waals surface area contributed by atoms with Crippen LogP contribution in [0.3, 0.4) is 0 Å². The van der Waals surface area contributed by atoms with Crippen LogP contribution in [0.15, 0.2) is 18.3 Å². The van der Waals surface area contributed by atoms with Crippen molar-refractivity contribution < 1.29 is 41.8 Å². The van der Waals surface area contributed by atoms with Gasteiger partial charge in [0.15, 0.2) is 13.2 Å². The van der Waals surface area contributed by atoms with Gasteiger partial charge in [0.2, 0.25) is 5.88 Å². The molecule has 0 saturated heterocycles. The van der Waals surface area contributed by atoms with Crippen molar-refractivity contribution >= 4 is 17.8 Å². The van der Waals surface area contributed by atoms with Gasteiger partial charge >= 0.3 is 18.1 Å². The molecule has 8 nitrogen and oxygen atoms in total. The molecule has 0 aliphatic rings. The zero-order chi connectivity index (χ0) is 21.3. The minimum Gasteiger partial charge on any atom is -0.468 e. The third-order valence-electron chi connectivity index (χ3n) is 3.22. The van der Waals surface area contributed by atoms with E-state index in [-0.39, 0.29) is 17.4 Å². The van der Waals surface area contributed by atoms with E-state index in [0.29, 0.717) is 6.42 Å². The first-order chi connectivity index (χ1) is 13.0. The first-order valence-corrected chi connectivity index (χ1v) is 8.21. The number of aromatic nitrogens is 1. The van der Waals surface area contributed by atoms with Crippen LogP contribution in [-0.2, 0) is 19.1 Å². The molecule has 1 heterocycles. The standard InChI is InChI=1S/C17H21F3N2O6/c1-10(2)6-12(16(25)26-3)22-13(23)8-27-15(24)11-4-5-14(21-7-11)28-9-17(18,19)20/h4-5,7,10,12H,6,8-9H2,1-3H3,(H,22,23). The van der Waals surface area contributed by atoms with Crippen LogP contribution in [0.2, 0.25) is 0 Å². The zero-order valence-electron chi connectivity index (χ0n) is 15.5. The van der Waals surface area contributed by atoms with Crippen LogP contribution in [0.1, 0.15) is 30.6 Å². The molecule has 11 heteroatoms. The van der Waals surface area contributed by atoms with Crippen molar-refractivity contribution in [3.8, 4) is 5.88 Å². The SMILES string of the molecule is COC(=O)C(CC(C)C)NC(=O)COC(=O)c1ccc(OCC(F)(F)F)nc1. The van der Waals surface area contributed by atoms with Crippen molar-refractivity contribution in [2.45, 2.75) is 32.5 Å². The Kier molecular flexibility index (Phi) is 8.68. The van der Waals surface area contributed by atoms with Crippen LogP contribution in [0, 0.1) is 5.92 Å². The van der Waals surface area contributed by atoms with E-state index in [2.05, 4.69) is 19.8 Å². The smallest absolute Gasteiger partial charge is 0.422 e. The van der Waals surface area contributed by atoms with Crippen LogP contribution >= 0.6 is 0 Å². The van der Waals surface area contributed by atoms with E-state index in [9.17, 15) is 27.6 Å². The van der Waals surface area contributed by atoms with Gasteiger partial charge in [0, 0.05) is 12.3 Å². The highest BCUT2D eigenvalue weighted by atomic mass is 19.4. The van der Waals surface area contributed by atoms with Gasteiger partial charge in [-0.2, -0.15) is 13.2 Å². The van der Waals surface area contributed by atoms with Crippen LogP contribution in [0.5, 0.6) is 5.88 Å². The Bertz CT molecular complexity index is 676. The van der Waals surface area contributed by atoms with Gasteiger partial charge in [-0.05, 0) is 18.4 Å². The normalized spacial score (nSPS) is 12.2. The summed E-state index contributed by atoms with van der Waals surface area (Å²) < 4.78 is 50.0. The number of nitrogens with one attached hydrogen (secondary N) is 1. The number of hydrogen-bond acceptors (Lipinski definition) is 7. The van der Waals surface area contributed by atoms with E-state index in [1.807, 2.05) is 13.8 Å². The summed E-state index contributed by atoms with van der Waals surface area (Å²) in [5.74, 6) is -2.45. The van der Waals surface area contributed by atoms with E-state index in [1.165, 1.54) is 7.11 Å². The van der Waals surface area contributed by atoms with E-state index >= 15 is 0 Å². The molecule has 0 aliphatic heterocycles. The summed E-state index contributed by atoms with van der Waals surface area (Å²) in [6, 6.07) is 1.34. The summed E-state index contributed by atoms with van der Waals surface area (Å²) >= 11 is 0. The monoisotopic (exact) mass is 406 g/mol. The van der Waals surface area contributed by atoms with E-state index in [1.54, 1.807) is 0 Å². The van der Waals surface area contributed by atoms with Crippen molar-refractivity contribution in [2.24, 2.45) is 5.92 Å². The molecule has 28 heavy (non-hydrogen) atoms. The highest BCUT2D eigenvalue weighted by Gasteiger charge is 2.28. The average molecular weight is 406 g/mol. The van der Waals surface area contributed by atoms with Crippen LogP contribution in [0.25, 0.3) is 0 Å². The van der Waals surface area contributed by atoms with Crippen LogP contribution in [0.4, 0.5) is 13.2 Å². The lowest BCUT2D eigenvalue weighted by molar-refractivity contribution is -0.154. The predicted octanol–water partition coefficient (Wildman–Crippen LogP) is 1.88. The quantitative estimate of drug-likeness (QED) is 0.625. The number of rotatable bonds is 9. The Morgan fingerprint density at radius 1 is 1.21 bits per heavy atom. The van der Waals surface area contributed by atoms with Crippen molar-refractivity contribution in [2.75, 3.05) is 20.3 Å². The molecule has 0 radical (unpaired) electrons. The van der Waals surface area contributed by atoms with Crippen molar-refractivity contribution in [1.29, 1.82) is 0 Å². The largest absolute Gasteiger partial charge is 0.468 e. The van der Waals surface area contributed by atoms with Gasteiger partial charge in [0.1, 0.15) is 6.04 Å².